The van der Waals surface area contributed by atoms with Gasteiger partial charge in [0.15, 0.2) is 5.69 Å². The number of amides is 2. The fourth-order valence-electron chi connectivity index (χ4n) is 2.38. The van der Waals surface area contributed by atoms with Crippen LogP contribution < -0.4 is 5.73 Å². The first kappa shape index (κ1) is 17.1. The van der Waals surface area contributed by atoms with Crippen molar-refractivity contribution < 1.29 is 14.3 Å². The molecule has 1 saturated heterocycles. The number of rotatable bonds is 1. The number of nitrogens with one attached hydrogen (secondary N) is 1. The van der Waals surface area contributed by atoms with Crippen LogP contribution in [0.4, 0.5) is 10.5 Å². The number of carbonyl (C=O) groups excluding carboxylic acids is 2. The topological polar surface area (TPSA) is 105 Å². The molecule has 1 aromatic rings. The Morgan fingerprint density at radius 3 is 2.35 bits per heavy atom. The van der Waals surface area contributed by atoms with E-state index in [2.05, 4.69) is 10.2 Å². The zero-order chi connectivity index (χ0) is 17.2. The first-order chi connectivity index (χ1) is 10.7. The van der Waals surface area contributed by atoms with Gasteiger partial charge < -0.3 is 20.3 Å². The van der Waals surface area contributed by atoms with Gasteiger partial charge in [-0.15, -0.1) is 0 Å². The molecule has 8 nitrogen and oxygen atoms in total. The van der Waals surface area contributed by atoms with Gasteiger partial charge in [0.25, 0.3) is 5.91 Å². The number of aromatic amines is 1. The molecule has 8 heteroatoms. The number of anilines is 1. The minimum Gasteiger partial charge on any atom is -0.444 e. The largest absolute Gasteiger partial charge is 0.444 e. The highest BCUT2D eigenvalue weighted by molar-refractivity contribution is 5.97. The lowest BCUT2D eigenvalue weighted by Crippen LogP contribution is -2.40. The number of aromatic nitrogens is 2. The maximum Gasteiger partial charge on any atom is 0.410 e. The van der Waals surface area contributed by atoms with E-state index >= 15 is 0 Å². The molecule has 0 spiro atoms. The fraction of sp³-hybridized carbons (Fsp3) is 0.667. The summed E-state index contributed by atoms with van der Waals surface area (Å²) in [4.78, 5) is 28.0. The second kappa shape index (κ2) is 6.47. The number of nitrogens with zero attached hydrogens (tertiary/aromatic N) is 3. The van der Waals surface area contributed by atoms with Crippen LogP contribution in [-0.4, -0.2) is 63.8 Å². The third-order valence-corrected chi connectivity index (χ3v) is 3.63. The smallest absolute Gasteiger partial charge is 0.410 e. The maximum atomic E-state index is 12.5. The van der Waals surface area contributed by atoms with Crippen LogP contribution in [0.5, 0.6) is 0 Å². The zero-order valence-electron chi connectivity index (χ0n) is 14.2. The zero-order valence-corrected chi connectivity index (χ0v) is 14.2. The van der Waals surface area contributed by atoms with Crippen LogP contribution in [0.15, 0.2) is 0 Å². The molecule has 0 aromatic carbocycles. The predicted molar refractivity (Wildman–Crippen MR) is 86.1 cm³/mol. The number of H-pyrrole nitrogens is 1. The standard InChI is InChI=1S/C15H25N5O3/c1-10-11(16)12(18-17-10)13(21)19-6-5-7-20(9-8-19)14(22)23-15(2,3)4/h5-9,16H2,1-4H3,(H,17,18). The summed E-state index contributed by atoms with van der Waals surface area (Å²) in [6.45, 7) is 9.26. The lowest BCUT2D eigenvalue weighted by molar-refractivity contribution is 0.0255. The van der Waals surface area contributed by atoms with Crippen molar-refractivity contribution in [2.24, 2.45) is 0 Å². The van der Waals surface area contributed by atoms with E-state index in [9.17, 15) is 9.59 Å². The Labute approximate surface area is 135 Å². The lowest BCUT2D eigenvalue weighted by Gasteiger charge is -2.26. The van der Waals surface area contributed by atoms with Crippen LogP contribution in [0.3, 0.4) is 0 Å². The van der Waals surface area contributed by atoms with Gasteiger partial charge in [0.2, 0.25) is 0 Å². The molecule has 2 heterocycles. The molecule has 2 amide bonds. The van der Waals surface area contributed by atoms with Gasteiger partial charge in [0.1, 0.15) is 5.60 Å². The summed E-state index contributed by atoms with van der Waals surface area (Å²) < 4.78 is 5.38. The van der Waals surface area contributed by atoms with E-state index < -0.39 is 5.60 Å². The molecule has 1 aliphatic heterocycles. The number of carbonyl (C=O) groups is 2. The SMILES string of the molecule is Cc1[nH]nc(C(=O)N2CCCN(C(=O)OC(C)(C)C)CC2)c1N. The Morgan fingerprint density at radius 2 is 1.78 bits per heavy atom. The van der Waals surface area contributed by atoms with Crippen molar-refractivity contribution in [3.05, 3.63) is 11.4 Å². The van der Waals surface area contributed by atoms with Crippen LogP contribution in [0.2, 0.25) is 0 Å². The van der Waals surface area contributed by atoms with Crippen molar-refractivity contribution in [2.45, 2.75) is 39.7 Å². The summed E-state index contributed by atoms with van der Waals surface area (Å²) >= 11 is 0. The molecule has 1 aromatic heterocycles. The van der Waals surface area contributed by atoms with Crippen molar-refractivity contribution in [1.29, 1.82) is 0 Å². The second-order valence-corrected chi connectivity index (χ2v) is 6.72. The second-order valence-electron chi connectivity index (χ2n) is 6.72. The third kappa shape index (κ3) is 4.14. The van der Waals surface area contributed by atoms with E-state index in [0.29, 0.717) is 44.0 Å². The fourth-order valence-corrected chi connectivity index (χ4v) is 2.38. The van der Waals surface area contributed by atoms with Crippen molar-refractivity contribution in [1.82, 2.24) is 20.0 Å². The summed E-state index contributed by atoms with van der Waals surface area (Å²) in [5.74, 6) is -0.210. The summed E-state index contributed by atoms with van der Waals surface area (Å²) in [5, 5.41) is 6.70. The van der Waals surface area contributed by atoms with Gasteiger partial charge >= 0.3 is 6.09 Å². The normalized spacial score (nSPS) is 16.2. The van der Waals surface area contributed by atoms with Gasteiger partial charge in [-0.05, 0) is 34.1 Å². The number of nitrogens with two attached hydrogens (primary N) is 1. The van der Waals surface area contributed by atoms with Gasteiger partial charge in [-0.1, -0.05) is 0 Å². The van der Waals surface area contributed by atoms with E-state index in [0.717, 1.165) is 0 Å². The van der Waals surface area contributed by atoms with Crippen LogP contribution in [0.1, 0.15) is 43.4 Å². The Balaban J connectivity index is 2.00. The van der Waals surface area contributed by atoms with Crippen molar-refractivity contribution in [3.63, 3.8) is 0 Å². The summed E-state index contributed by atoms with van der Waals surface area (Å²) in [7, 11) is 0. The number of hydrogen-bond acceptors (Lipinski definition) is 5. The highest BCUT2D eigenvalue weighted by atomic mass is 16.6. The molecule has 0 unspecified atom stereocenters. The van der Waals surface area contributed by atoms with Gasteiger partial charge in [-0.3, -0.25) is 9.89 Å². The molecule has 0 bridgehead atoms. The van der Waals surface area contributed by atoms with Crippen molar-refractivity contribution in [2.75, 3.05) is 31.9 Å². The van der Waals surface area contributed by atoms with E-state index in [4.69, 9.17) is 10.5 Å². The molecule has 1 fully saturated rings. The van der Waals surface area contributed by atoms with Gasteiger partial charge in [0.05, 0.1) is 11.4 Å². The Hall–Kier alpha value is -2.25. The molecule has 23 heavy (non-hydrogen) atoms. The van der Waals surface area contributed by atoms with Crippen molar-refractivity contribution in [3.8, 4) is 0 Å². The summed E-state index contributed by atoms with van der Waals surface area (Å²) in [6, 6.07) is 0. The third-order valence-electron chi connectivity index (χ3n) is 3.63. The highest BCUT2D eigenvalue weighted by Crippen LogP contribution is 2.17. The van der Waals surface area contributed by atoms with Gasteiger partial charge in [-0.2, -0.15) is 5.10 Å². The molecular weight excluding hydrogens is 298 g/mol. The molecule has 0 saturated carbocycles. The summed E-state index contributed by atoms with van der Waals surface area (Å²) in [6.07, 6.45) is 0.343. The molecule has 0 radical (unpaired) electrons. The Bertz CT molecular complexity index is 590. The predicted octanol–water partition coefficient (Wildman–Crippen LogP) is 1.38. The van der Waals surface area contributed by atoms with Crippen LogP contribution in [0.25, 0.3) is 0 Å². The van der Waals surface area contributed by atoms with Crippen LogP contribution in [0, 0.1) is 6.92 Å². The number of ether oxygens (including phenoxy) is 1. The van der Waals surface area contributed by atoms with E-state index in [1.54, 1.807) is 16.7 Å². The summed E-state index contributed by atoms with van der Waals surface area (Å²) in [5.41, 5.74) is 6.64. The lowest BCUT2D eigenvalue weighted by atomic mass is 10.2. The maximum absolute atomic E-state index is 12.5. The molecule has 3 N–H and O–H groups in total. The van der Waals surface area contributed by atoms with Gasteiger partial charge in [0, 0.05) is 26.2 Å². The van der Waals surface area contributed by atoms with E-state index in [1.807, 2.05) is 20.8 Å². The molecule has 128 valence electrons. The molecular formula is C15H25N5O3. The molecule has 0 aliphatic carbocycles. The molecule has 2 rings (SSSR count). The number of nitrogen functional groups attached to an aromatic ring is 1. The molecule has 1 aliphatic rings. The van der Waals surface area contributed by atoms with Crippen molar-refractivity contribution >= 4 is 17.7 Å². The average molecular weight is 323 g/mol. The van der Waals surface area contributed by atoms with E-state index in [-0.39, 0.29) is 17.7 Å². The van der Waals surface area contributed by atoms with Crippen LogP contribution >= 0.6 is 0 Å². The number of aryl methyl sites for hydroxylation is 1. The molecule has 0 atom stereocenters. The van der Waals surface area contributed by atoms with E-state index in [1.165, 1.54) is 0 Å². The van der Waals surface area contributed by atoms with Crippen LogP contribution in [-0.2, 0) is 4.74 Å². The monoisotopic (exact) mass is 323 g/mol. The average Bonchev–Trinajstić information content (AvgIpc) is 2.67. The first-order valence-electron chi connectivity index (χ1n) is 7.76. The first-order valence-corrected chi connectivity index (χ1v) is 7.76. The minimum absolute atomic E-state index is 0.210. The number of hydrogen-bond donors (Lipinski definition) is 2. The minimum atomic E-state index is -0.528. The highest BCUT2D eigenvalue weighted by Gasteiger charge is 2.28. The van der Waals surface area contributed by atoms with Gasteiger partial charge in [-0.25, -0.2) is 4.79 Å². The Kier molecular flexibility index (Phi) is 4.82. The Morgan fingerprint density at radius 1 is 1.17 bits per heavy atom. The quantitative estimate of drug-likeness (QED) is 0.812.